The minimum atomic E-state index is -1.05. The summed E-state index contributed by atoms with van der Waals surface area (Å²) >= 11 is 0. The lowest BCUT2D eigenvalue weighted by molar-refractivity contribution is -0.138. The maximum absolute atomic E-state index is 13.0. The van der Waals surface area contributed by atoms with E-state index < -0.39 is 5.60 Å². The summed E-state index contributed by atoms with van der Waals surface area (Å²) < 4.78 is 0. The fourth-order valence-electron chi connectivity index (χ4n) is 5.29. The van der Waals surface area contributed by atoms with Crippen molar-refractivity contribution in [2.75, 3.05) is 24.5 Å². The number of carbonyl (C=O) groups excluding carboxylic acids is 1. The van der Waals surface area contributed by atoms with Crippen molar-refractivity contribution in [1.82, 2.24) is 14.9 Å². The highest BCUT2D eigenvalue weighted by Crippen LogP contribution is 2.46. The number of aliphatic hydroxyl groups is 1. The lowest BCUT2D eigenvalue weighted by Crippen LogP contribution is -2.57. The number of pyridine rings is 2. The predicted octanol–water partition coefficient (Wildman–Crippen LogP) is 4.00. The number of nitriles is 2. The highest BCUT2D eigenvalue weighted by Gasteiger charge is 2.42. The van der Waals surface area contributed by atoms with Gasteiger partial charge in [0.25, 0.3) is 0 Å². The van der Waals surface area contributed by atoms with Gasteiger partial charge in [-0.05, 0) is 63.7 Å². The Kier molecular flexibility index (Phi) is 6.47. The van der Waals surface area contributed by atoms with Crippen LogP contribution in [0.15, 0.2) is 24.9 Å². The summed E-state index contributed by atoms with van der Waals surface area (Å²) in [7, 11) is 0. The van der Waals surface area contributed by atoms with E-state index in [4.69, 9.17) is 4.98 Å². The second-order valence-electron chi connectivity index (χ2n) is 11.1. The first-order chi connectivity index (χ1) is 17.7. The van der Waals surface area contributed by atoms with Crippen LogP contribution in [0.25, 0.3) is 17.2 Å². The normalized spacial score (nSPS) is 19.8. The van der Waals surface area contributed by atoms with E-state index in [1.54, 1.807) is 26.1 Å². The molecule has 2 aromatic heterocycles. The van der Waals surface area contributed by atoms with Gasteiger partial charge in [-0.2, -0.15) is 10.5 Å². The van der Waals surface area contributed by atoms with Crippen LogP contribution in [0.3, 0.4) is 0 Å². The van der Waals surface area contributed by atoms with Gasteiger partial charge in [0, 0.05) is 42.9 Å². The molecule has 0 aromatic carbocycles. The summed E-state index contributed by atoms with van der Waals surface area (Å²) in [5.41, 5.74) is 2.97. The minimum absolute atomic E-state index is 0.0220. The van der Waals surface area contributed by atoms with Gasteiger partial charge in [-0.1, -0.05) is 6.58 Å². The van der Waals surface area contributed by atoms with Gasteiger partial charge in [-0.15, -0.1) is 0 Å². The van der Waals surface area contributed by atoms with Gasteiger partial charge >= 0.3 is 0 Å². The Hall–Kier alpha value is -3.75. The van der Waals surface area contributed by atoms with E-state index in [1.165, 1.54) is 0 Å². The van der Waals surface area contributed by atoms with Crippen molar-refractivity contribution in [1.29, 1.82) is 10.5 Å². The minimum Gasteiger partial charge on any atom is -0.390 e. The maximum atomic E-state index is 13.0. The van der Waals surface area contributed by atoms with E-state index >= 15 is 0 Å². The van der Waals surface area contributed by atoms with Crippen LogP contribution in [0.5, 0.6) is 0 Å². The Morgan fingerprint density at radius 3 is 2.49 bits per heavy atom. The smallest absolute Gasteiger partial charge is 0.225 e. The van der Waals surface area contributed by atoms with Crippen molar-refractivity contribution >= 4 is 17.8 Å². The van der Waals surface area contributed by atoms with Crippen LogP contribution in [0.1, 0.15) is 74.4 Å². The van der Waals surface area contributed by atoms with E-state index in [-0.39, 0.29) is 18.4 Å². The molecule has 1 N–H and O–H groups in total. The Bertz CT molecular complexity index is 1320. The third-order valence-corrected chi connectivity index (χ3v) is 7.45. The molecule has 2 aliphatic carbocycles. The number of nitrogens with zero attached hydrogens (tertiary/aromatic N) is 6. The van der Waals surface area contributed by atoms with Gasteiger partial charge in [-0.25, -0.2) is 4.98 Å². The molecule has 3 heterocycles. The number of rotatable bonds is 7. The zero-order valence-electron chi connectivity index (χ0n) is 21.4. The van der Waals surface area contributed by atoms with Crippen LogP contribution >= 0.6 is 0 Å². The molecule has 2 aromatic rings. The van der Waals surface area contributed by atoms with Crippen molar-refractivity contribution in [2.24, 2.45) is 5.92 Å². The standard InChI is InChI=1S/C29H32N6O2/c1-4-22-12-23(21(15-31)16-32-22)24-11-20(14-30)28(33-27(24)19-7-8-19)34-9-10-35(25(17-34)18-5-6-18)26(36)13-29(2,3)37/h4,11-12,16,18-19,25,37H,1,5-10,13,17H2,2-3H3. The largest absolute Gasteiger partial charge is 0.390 e. The van der Waals surface area contributed by atoms with Crippen LogP contribution in [0, 0.1) is 28.6 Å². The summed E-state index contributed by atoms with van der Waals surface area (Å²) in [6.07, 6.45) is 7.50. The highest BCUT2D eigenvalue weighted by molar-refractivity contribution is 5.79. The van der Waals surface area contributed by atoms with Crippen LogP contribution in [-0.4, -0.2) is 57.2 Å². The molecule has 0 radical (unpaired) electrons. The molecule has 3 fully saturated rings. The Labute approximate surface area is 217 Å². The molecule has 1 unspecified atom stereocenters. The predicted molar refractivity (Wildman–Crippen MR) is 140 cm³/mol. The Morgan fingerprint density at radius 1 is 1.16 bits per heavy atom. The SMILES string of the molecule is C=Cc1cc(-c2cc(C#N)c(N3CCN(C(=O)CC(C)(C)O)C(C4CC4)C3)nc2C2CC2)c(C#N)cn1. The Morgan fingerprint density at radius 2 is 1.89 bits per heavy atom. The fraction of sp³-hybridized carbons (Fsp3) is 0.483. The molecule has 1 aliphatic heterocycles. The number of anilines is 1. The third kappa shape index (κ3) is 5.21. The van der Waals surface area contributed by atoms with Crippen LogP contribution in [0.4, 0.5) is 5.82 Å². The van der Waals surface area contributed by atoms with E-state index in [2.05, 4.69) is 28.6 Å². The number of piperazine rings is 1. The molecule has 8 heteroatoms. The summed E-state index contributed by atoms with van der Waals surface area (Å²) in [6.45, 7) is 8.86. The first-order valence-corrected chi connectivity index (χ1v) is 13.0. The Balaban J connectivity index is 1.51. The van der Waals surface area contributed by atoms with Crippen molar-refractivity contribution in [2.45, 2.75) is 63.5 Å². The van der Waals surface area contributed by atoms with Gasteiger partial charge in [0.2, 0.25) is 5.91 Å². The summed E-state index contributed by atoms with van der Waals surface area (Å²) in [5.74, 6) is 1.37. The average molecular weight is 497 g/mol. The van der Waals surface area contributed by atoms with Crippen LogP contribution < -0.4 is 4.90 Å². The monoisotopic (exact) mass is 496 g/mol. The second kappa shape index (κ2) is 9.61. The quantitative estimate of drug-likeness (QED) is 0.616. The molecule has 1 atom stereocenters. The lowest BCUT2D eigenvalue weighted by atomic mass is 9.95. The van der Waals surface area contributed by atoms with Crippen molar-refractivity contribution < 1.29 is 9.90 Å². The average Bonchev–Trinajstić information content (AvgIpc) is 3.79. The van der Waals surface area contributed by atoms with Gasteiger partial charge in [0.05, 0.1) is 40.6 Å². The highest BCUT2D eigenvalue weighted by atomic mass is 16.3. The van der Waals surface area contributed by atoms with Crippen LogP contribution in [0.2, 0.25) is 0 Å². The first kappa shape index (κ1) is 24.9. The number of carbonyl (C=O) groups is 1. The van der Waals surface area contributed by atoms with Crippen molar-refractivity contribution in [3.05, 3.63) is 47.4 Å². The molecule has 3 aliphatic rings. The topological polar surface area (TPSA) is 117 Å². The first-order valence-electron chi connectivity index (χ1n) is 13.0. The van der Waals surface area contributed by atoms with Gasteiger partial charge in [0.15, 0.2) is 0 Å². The molecule has 0 spiro atoms. The van der Waals surface area contributed by atoms with E-state index in [9.17, 15) is 20.4 Å². The van der Waals surface area contributed by atoms with Gasteiger partial charge < -0.3 is 14.9 Å². The molecule has 5 rings (SSSR count). The number of aromatic nitrogens is 2. The van der Waals surface area contributed by atoms with Gasteiger partial charge in [-0.3, -0.25) is 9.78 Å². The van der Waals surface area contributed by atoms with E-state index in [0.717, 1.165) is 42.5 Å². The molecule has 2 saturated carbocycles. The molecular formula is C29H32N6O2. The van der Waals surface area contributed by atoms with E-state index in [1.807, 2.05) is 17.0 Å². The van der Waals surface area contributed by atoms with E-state index in [0.29, 0.717) is 54.1 Å². The number of hydrogen-bond acceptors (Lipinski definition) is 7. The third-order valence-electron chi connectivity index (χ3n) is 7.45. The molecule has 1 saturated heterocycles. The summed E-state index contributed by atoms with van der Waals surface area (Å²) in [6, 6.07) is 8.33. The molecule has 0 bridgehead atoms. The fourth-order valence-corrected chi connectivity index (χ4v) is 5.29. The molecule has 8 nitrogen and oxygen atoms in total. The van der Waals surface area contributed by atoms with Crippen LogP contribution in [-0.2, 0) is 4.79 Å². The lowest BCUT2D eigenvalue weighted by Gasteiger charge is -2.43. The zero-order valence-corrected chi connectivity index (χ0v) is 21.4. The zero-order chi connectivity index (χ0) is 26.3. The van der Waals surface area contributed by atoms with Crippen molar-refractivity contribution in [3.8, 4) is 23.3 Å². The molecule has 1 amide bonds. The maximum Gasteiger partial charge on any atom is 0.225 e. The van der Waals surface area contributed by atoms with Crippen molar-refractivity contribution in [3.63, 3.8) is 0 Å². The summed E-state index contributed by atoms with van der Waals surface area (Å²) in [4.78, 5) is 26.5. The molecular weight excluding hydrogens is 464 g/mol. The molecule has 190 valence electrons. The second-order valence-corrected chi connectivity index (χ2v) is 11.1. The number of amides is 1. The summed E-state index contributed by atoms with van der Waals surface area (Å²) in [5, 5.41) is 30.1. The number of hydrogen-bond donors (Lipinski definition) is 1. The van der Waals surface area contributed by atoms with Gasteiger partial charge in [0.1, 0.15) is 18.0 Å². The molecule has 37 heavy (non-hydrogen) atoms.